The van der Waals surface area contributed by atoms with Crippen molar-refractivity contribution in [2.45, 2.75) is 46.1 Å². The van der Waals surface area contributed by atoms with Crippen molar-refractivity contribution in [2.24, 2.45) is 5.92 Å². The maximum atomic E-state index is 12.2. The summed E-state index contributed by atoms with van der Waals surface area (Å²) in [6, 6.07) is 5.55. The number of amides is 2. The van der Waals surface area contributed by atoms with Gasteiger partial charge in [0.25, 0.3) is 5.91 Å². The Morgan fingerprint density at radius 1 is 1.35 bits per heavy atom. The van der Waals surface area contributed by atoms with Crippen molar-refractivity contribution in [1.82, 2.24) is 5.32 Å². The third-order valence-electron chi connectivity index (χ3n) is 4.11. The lowest BCUT2D eigenvalue weighted by molar-refractivity contribution is -0.115. The summed E-state index contributed by atoms with van der Waals surface area (Å²) in [5.41, 5.74) is 2.32. The molecule has 0 fully saturated rings. The van der Waals surface area contributed by atoms with Crippen LogP contribution in [-0.2, 0) is 11.2 Å². The second-order valence-corrected chi connectivity index (χ2v) is 5.44. The second-order valence-electron chi connectivity index (χ2n) is 5.44. The van der Waals surface area contributed by atoms with Gasteiger partial charge in [0, 0.05) is 17.3 Å². The van der Waals surface area contributed by atoms with E-state index in [1.807, 2.05) is 13.0 Å². The van der Waals surface area contributed by atoms with Gasteiger partial charge in [0.1, 0.15) is 0 Å². The molecule has 4 heteroatoms. The van der Waals surface area contributed by atoms with Crippen LogP contribution in [0.15, 0.2) is 18.2 Å². The van der Waals surface area contributed by atoms with Gasteiger partial charge in [-0.25, -0.2) is 0 Å². The van der Waals surface area contributed by atoms with Crippen LogP contribution < -0.4 is 10.6 Å². The largest absolute Gasteiger partial charge is 0.349 e. The first-order valence-electron chi connectivity index (χ1n) is 7.28. The van der Waals surface area contributed by atoms with Crippen molar-refractivity contribution in [1.29, 1.82) is 0 Å². The zero-order valence-electron chi connectivity index (χ0n) is 12.3. The Kier molecular flexibility index (Phi) is 4.42. The van der Waals surface area contributed by atoms with Crippen LogP contribution in [0.25, 0.3) is 0 Å². The summed E-state index contributed by atoms with van der Waals surface area (Å²) in [6.45, 7) is 6.33. The molecule has 1 atom stereocenters. The number of carbonyl (C=O) groups is 2. The minimum atomic E-state index is -0.0756. The average Bonchev–Trinajstić information content (AvgIpc) is 2.78. The highest BCUT2D eigenvalue weighted by molar-refractivity contribution is 6.02. The van der Waals surface area contributed by atoms with Crippen LogP contribution in [0, 0.1) is 5.92 Å². The van der Waals surface area contributed by atoms with Gasteiger partial charge in [0.2, 0.25) is 5.91 Å². The summed E-state index contributed by atoms with van der Waals surface area (Å²) < 4.78 is 0. The lowest BCUT2D eigenvalue weighted by atomic mass is 9.95. The van der Waals surface area contributed by atoms with Gasteiger partial charge in [0.15, 0.2) is 0 Å². The van der Waals surface area contributed by atoms with Crippen molar-refractivity contribution in [3.05, 3.63) is 29.3 Å². The van der Waals surface area contributed by atoms with Gasteiger partial charge >= 0.3 is 0 Å². The predicted molar refractivity (Wildman–Crippen MR) is 79.8 cm³/mol. The Morgan fingerprint density at radius 2 is 2.05 bits per heavy atom. The molecule has 2 rings (SSSR count). The smallest absolute Gasteiger partial charge is 0.251 e. The number of anilines is 1. The zero-order chi connectivity index (χ0) is 14.7. The van der Waals surface area contributed by atoms with Crippen LogP contribution in [0.2, 0.25) is 0 Å². The summed E-state index contributed by atoms with van der Waals surface area (Å²) in [6.07, 6.45) is 2.51. The summed E-state index contributed by atoms with van der Waals surface area (Å²) in [4.78, 5) is 23.6. The maximum Gasteiger partial charge on any atom is 0.251 e. The molecule has 0 bridgehead atoms. The molecule has 0 spiro atoms. The van der Waals surface area contributed by atoms with E-state index < -0.39 is 0 Å². The van der Waals surface area contributed by atoms with Gasteiger partial charge in [-0.3, -0.25) is 9.59 Å². The van der Waals surface area contributed by atoms with Crippen LogP contribution >= 0.6 is 0 Å². The van der Waals surface area contributed by atoms with Crippen molar-refractivity contribution in [2.75, 3.05) is 5.32 Å². The quantitative estimate of drug-likeness (QED) is 0.867. The molecule has 1 unspecified atom stereocenters. The fraction of sp³-hybridized carbons (Fsp3) is 0.500. The standard InChI is InChI=1S/C16H22N2O2/c1-4-11(5-2)10(3)17-16(20)13-7-6-12-9-15(19)18-14(12)8-13/h6-8,10-11H,4-5,9H2,1-3H3,(H,17,20)(H,18,19). The van der Waals surface area contributed by atoms with Gasteiger partial charge in [-0.05, 0) is 30.5 Å². The van der Waals surface area contributed by atoms with E-state index in [1.54, 1.807) is 12.1 Å². The molecule has 0 saturated carbocycles. The molecule has 108 valence electrons. The Bertz CT molecular complexity index is 521. The molecule has 0 aromatic heterocycles. The van der Waals surface area contributed by atoms with Crippen LogP contribution in [-0.4, -0.2) is 17.9 Å². The third-order valence-corrected chi connectivity index (χ3v) is 4.11. The van der Waals surface area contributed by atoms with E-state index >= 15 is 0 Å². The summed E-state index contributed by atoms with van der Waals surface area (Å²) in [5.74, 6) is 0.407. The second kappa shape index (κ2) is 6.07. The number of benzene rings is 1. The molecule has 0 saturated heterocycles. The fourth-order valence-electron chi connectivity index (χ4n) is 2.76. The Morgan fingerprint density at radius 3 is 2.70 bits per heavy atom. The van der Waals surface area contributed by atoms with E-state index in [4.69, 9.17) is 0 Å². The van der Waals surface area contributed by atoms with E-state index in [-0.39, 0.29) is 17.9 Å². The normalized spacial score (nSPS) is 14.9. The van der Waals surface area contributed by atoms with Crippen LogP contribution in [0.1, 0.15) is 49.5 Å². The zero-order valence-corrected chi connectivity index (χ0v) is 12.3. The average molecular weight is 274 g/mol. The highest BCUT2D eigenvalue weighted by Gasteiger charge is 2.21. The molecular formula is C16H22N2O2. The first kappa shape index (κ1) is 14.6. The van der Waals surface area contributed by atoms with E-state index in [0.717, 1.165) is 24.1 Å². The van der Waals surface area contributed by atoms with E-state index in [0.29, 0.717) is 17.9 Å². The van der Waals surface area contributed by atoms with Crippen LogP contribution in [0.3, 0.4) is 0 Å². The molecule has 1 aliphatic heterocycles. The molecular weight excluding hydrogens is 252 g/mol. The molecule has 2 N–H and O–H groups in total. The number of nitrogens with one attached hydrogen (secondary N) is 2. The molecule has 1 aromatic rings. The highest BCUT2D eigenvalue weighted by atomic mass is 16.2. The Hall–Kier alpha value is -1.84. The lowest BCUT2D eigenvalue weighted by Gasteiger charge is -2.22. The molecule has 2 amide bonds. The van der Waals surface area contributed by atoms with Crippen molar-refractivity contribution in [3.63, 3.8) is 0 Å². The fourth-order valence-corrected chi connectivity index (χ4v) is 2.76. The number of hydrogen-bond acceptors (Lipinski definition) is 2. The molecule has 0 radical (unpaired) electrons. The van der Waals surface area contributed by atoms with Crippen molar-refractivity contribution >= 4 is 17.5 Å². The molecule has 1 heterocycles. The first-order valence-corrected chi connectivity index (χ1v) is 7.28. The Labute approximate surface area is 119 Å². The van der Waals surface area contributed by atoms with Crippen molar-refractivity contribution in [3.8, 4) is 0 Å². The van der Waals surface area contributed by atoms with E-state index in [1.165, 1.54) is 0 Å². The van der Waals surface area contributed by atoms with E-state index in [2.05, 4.69) is 24.5 Å². The molecule has 1 aromatic carbocycles. The minimum Gasteiger partial charge on any atom is -0.349 e. The minimum absolute atomic E-state index is 0.0112. The van der Waals surface area contributed by atoms with Gasteiger partial charge in [-0.1, -0.05) is 32.8 Å². The summed E-state index contributed by atoms with van der Waals surface area (Å²) in [7, 11) is 0. The van der Waals surface area contributed by atoms with Gasteiger partial charge < -0.3 is 10.6 Å². The molecule has 4 nitrogen and oxygen atoms in total. The third kappa shape index (κ3) is 3.00. The van der Waals surface area contributed by atoms with Gasteiger partial charge in [-0.15, -0.1) is 0 Å². The number of hydrogen-bond donors (Lipinski definition) is 2. The maximum absolute atomic E-state index is 12.2. The Balaban J connectivity index is 2.07. The summed E-state index contributed by atoms with van der Waals surface area (Å²) in [5, 5.41) is 5.82. The topological polar surface area (TPSA) is 58.2 Å². The van der Waals surface area contributed by atoms with Crippen LogP contribution in [0.4, 0.5) is 5.69 Å². The van der Waals surface area contributed by atoms with Crippen LogP contribution in [0.5, 0.6) is 0 Å². The predicted octanol–water partition coefficient (Wildman–Crippen LogP) is 2.74. The van der Waals surface area contributed by atoms with E-state index in [9.17, 15) is 9.59 Å². The number of carbonyl (C=O) groups excluding carboxylic acids is 2. The number of rotatable bonds is 5. The summed E-state index contributed by atoms with van der Waals surface area (Å²) >= 11 is 0. The first-order chi connectivity index (χ1) is 9.55. The molecule has 20 heavy (non-hydrogen) atoms. The van der Waals surface area contributed by atoms with Gasteiger partial charge in [0.05, 0.1) is 6.42 Å². The lowest BCUT2D eigenvalue weighted by Crippen LogP contribution is -2.37. The molecule has 0 aliphatic carbocycles. The monoisotopic (exact) mass is 274 g/mol. The van der Waals surface area contributed by atoms with Gasteiger partial charge in [-0.2, -0.15) is 0 Å². The SMILES string of the molecule is CCC(CC)C(C)NC(=O)c1ccc2c(c1)NC(=O)C2. The number of fused-ring (bicyclic) bond motifs is 1. The molecule has 1 aliphatic rings. The highest BCUT2D eigenvalue weighted by Crippen LogP contribution is 2.24. The van der Waals surface area contributed by atoms with Crippen molar-refractivity contribution < 1.29 is 9.59 Å².